The molecule has 1 aromatic carbocycles. The standard InChI is InChI=1S/C26H35N3O4/c1-6-17(2)23(28-25(32)33-26(3,4)5)16-29(18-10-12-19(30)13-11-18)24(31)21-15-20(21)22-9-7-8-14-27-22/h7-14,17,20-21,23,30H,6,15-16H2,1-5H3,(H,28,32)/t17-,20+,21+,23+/m0/s1. The van der Waals surface area contributed by atoms with Gasteiger partial charge in [0.2, 0.25) is 5.91 Å². The minimum atomic E-state index is -0.611. The van der Waals surface area contributed by atoms with E-state index in [1.807, 2.05) is 39.0 Å². The number of anilines is 1. The quantitative estimate of drug-likeness (QED) is 0.595. The summed E-state index contributed by atoms with van der Waals surface area (Å²) in [7, 11) is 0. The van der Waals surface area contributed by atoms with Gasteiger partial charge < -0.3 is 20.1 Å². The van der Waals surface area contributed by atoms with Crippen molar-refractivity contribution in [2.45, 2.75) is 65.0 Å². The van der Waals surface area contributed by atoms with Crippen LogP contribution in [0.2, 0.25) is 0 Å². The first-order valence-corrected chi connectivity index (χ1v) is 11.6. The predicted octanol–water partition coefficient (Wildman–Crippen LogP) is 4.86. The second kappa shape index (κ2) is 10.2. The Hall–Kier alpha value is -3.09. The van der Waals surface area contributed by atoms with Crippen LogP contribution < -0.4 is 10.2 Å². The maximum absolute atomic E-state index is 13.6. The van der Waals surface area contributed by atoms with E-state index in [0.717, 1.165) is 18.5 Å². The highest BCUT2D eigenvalue weighted by Crippen LogP contribution is 2.48. The summed E-state index contributed by atoms with van der Waals surface area (Å²) >= 11 is 0. The van der Waals surface area contributed by atoms with E-state index in [1.54, 1.807) is 35.4 Å². The fraction of sp³-hybridized carbons (Fsp3) is 0.500. The van der Waals surface area contributed by atoms with Crippen molar-refractivity contribution in [3.8, 4) is 5.75 Å². The van der Waals surface area contributed by atoms with Crippen molar-refractivity contribution in [1.82, 2.24) is 10.3 Å². The zero-order chi connectivity index (χ0) is 24.2. The number of rotatable bonds is 8. The van der Waals surface area contributed by atoms with Crippen molar-refractivity contribution in [3.05, 3.63) is 54.4 Å². The summed E-state index contributed by atoms with van der Waals surface area (Å²) in [5.41, 5.74) is 0.996. The molecule has 1 fully saturated rings. The molecule has 178 valence electrons. The number of benzene rings is 1. The summed E-state index contributed by atoms with van der Waals surface area (Å²) < 4.78 is 5.47. The average Bonchev–Trinajstić information content (AvgIpc) is 3.57. The minimum absolute atomic E-state index is 0.00404. The molecule has 2 N–H and O–H groups in total. The second-order valence-electron chi connectivity index (χ2n) is 9.81. The number of carbonyl (C=O) groups excluding carboxylic acids is 2. The van der Waals surface area contributed by atoms with Crippen molar-refractivity contribution in [2.75, 3.05) is 11.4 Å². The Balaban J connectivity index is 1.82. The number of ether oxygens (including phenoxy) is 1. The number of pyridine rings is 1. The Labute approximate surface area is 196 Å². The molecule has 2 amide bonds. The number of nitrogens with one attached hydrogen (secondary N) is 1. The van der Waals surface area contributed by atoms with Crippen LogP contribution in [-0.4, -0.2) is 40.3 Å². The van der Waals surface area contributed by atoms with Gasteiger partial charge in [-0.15, -0.1) is 0 Å². The smallest absolute Gasteiger partial charge is 0.407 e. The number of nitrogens with zero attached hydrogens (tertiary/aromatic N) is 2. The molecule has 0 unspecified atom stereocenters. The molecule has 33 heavy (non-hydrogen) atoms. The number of aromatic nitrogens is 1. The monoisotopic (exact) mass is 453 g/mol. The van der Waals surface area contributed by atoms with E-state index in [1.165, 1.54) is 0 Å². The van der Waals surface area contributed by atoms with Crippen LogP contribution in [0.15, 0.2) is 48.7 Å². The van der Waals surface area contributed by atoms with Gasteiger partial charge in [0.15, 0.2) is 0 Å². The molecule has 0 spiro atoms. The van der Waals surface area contributed by atoms with Crippen molar-refractivity contribution >= 4 is 17.7 Å². The van der Waals surface area contributed by atoms with Crippen LogP contribution >= 0.6 is 0 Å². The molecule has 7 nitrogen and oxygen atoms in total. The van der Waals surface area contributed by atoms with Gasteiger partial charge in [0.1, 0.15) is 11.4 Å². The van der Waals surface area contributed by atoms with Gasteiger partial charge in [-0.3, -0.25) is 9.78 Å². The van der Waals surface area contributed by atoms with Crippen LogP contribution in [-0.2, 0) is 9.53 Å². The van der Waals surface area contributed by atoms with Gasteiger partial charge in [0.05, 0.1) is 6.04 Å². The molecule has 3 rings (SSSR count). The summed E-state index contributed by atoms with van der Waals surface area (Å²) in [4.78, 5) is 32.3. The molecular formula is C26H35N3O4. The number of aromatic hydroxyl groups is 1. The van der Waals surface area contributed by atoms with Crippen molar-refractivity contribution in [1.29, 1.82) is 0 Å². The average molecular weight is 454 g/mol. The third-order valence-corrected chi connectivity index (χ3v) is 6.01. The SMILES string of the molecule is CC[C@H](C)[C@@H](CN(C(=O)[C@@H]1C[C@H]1c1ccccn1)c1ccc(O)cc1)NC(=O)OC(C)(C)C. The third-order valence-electron chi connectivity index (χ3n) is 6.01. The first-order chi connectivity index (χ1) is 15.6. The second-order valence-corrected chi connectivity index (χ2v) is 9.81. The van der Waals surface area contributed by atoms with Crippen LogP contribution in [0, 0.1) is 11.8 Å². The van der Waals surface area contributed by atoms with Crippen LogP contribution in [0.4, 0.5) is 10.5 Å². The number of hydrogen-bond donors (Lipinski definition) is 2. The van der Waals surface area contributed by atoms with E-state index < -0.39 is 11.7 Å². The maximum atomic E-state index is 13.6. The van der Waals surface area contributed by atoms with E-state index in [-0.39, 0.29) is 35.5 Å². The first kappa shape index (κ1) is 24.6. The highest BCUT2D eigenvalue weighted by Gasteiger charge is 2.47. The van der Waals surface area contributed by atoms with Gasteiger partial charge in [0.25, 0.3) is 0 Å². The van der Waals surface area contributed by atoms with E-state index in [4.69, 9.17) is 4.74 Å². The summed E-state index contributed by atoms with van der Waals surface area (Å²) in [5, 5.41) is 12.7. The van der Waals surface area contributed by atoms with E-state index >= 15 is 0 Å². The Morgan fingerprint density at radius 1 is 1.21 bits per heavy atom. The summed E-state index contributed by atoms with van der Waals surface area (Å²) in [5.74, 6) is 0.188. The largest absolute Gasteiger partial charge is 0.508 e. The van der Waals surface area contributed by atoms with Crippen molar-refractivity contribution in [2.24, 2.45) is 11.8 Å². The van der Waals surface area contributed by atoms with Crippen LogP contribution in [0.3, 0.4) is 0 Å². The zero-order valence-electron chi connectivity index (χ0n) is 20.1. The molecule has 1 heterocycles. The topological polar surface area (TPSA) is 91.8 Å². The normalized spacial score (nSPS) is 19.3. The fourth-order valence-corrected chi connectivity index (χ4v) is 3.85. The lowest BCUT2D eigenvalue weighted by Gasteiger charge is -2.32. The van der Waals surface area contributed by atoms with Gasteiger partial charge >= 0.3 is 6.09 Å². The Morgan fingerprint density at radius 3 is 2.48 bits per heavy atom. The van der Waals surface area contributed by atoms with Gasteiger partial charge in [-0.05, 0) is 69.5 Å². The lowest BCUT2D eigenvalue weighted by atomic mass is 9.98. The molecule has 4 atom stereocenters. The van der Waals surface area contributed by atoms with Gasteiger partial charge in [0, 0.05) is 36.0 Å². The van der Waals surface area contributed by atoms with E-state index in [0.29, 0.717) is 12.2 Å². The molecule has 1 aliphatic carbocycles. The number of phenolic OH excluding ortho intramolecular Hbond substituents is 1. The molecule has 1 aromatic heterocycles. The highest BCUT2D eigenvalue weighted by molar-refractivity contribution is 5.97. The summed E-state index contributed by atoms with van der Waals surface area (Å²) in [6.07, 6.45) is 2.83. The first-order valence-electron chi connectivity index (χ1n) is 11.6. The van der Waals surface area contributed by atoms with Gasteiger partial charge in [-0.1, -0.05) is 26.3 Å². The molecule has 0 bridgehead atoms. The molecule has 1 saturated carbocycles. The summed E-state index contributed by atoms with van der Waals surface area (Å²) in [6, 6.07) is 12.0. The number of phenols is 1. The zero-order valence-corrected chi connectivity index (χ0v) is 20.1. The van der Waals surface area contributed by atoms with Crippen molar-refractivity contribution in [3.63, 3.8) is 0 Å². The molecule has 0 saturated heterocycles. The Kier molecular flexibility index (Phi) is 7.61. The number of amides is 2. The molecular weight excluding hydrogens is 418 g/mol. The predicted molar refractivity (Wildman–Crippen MR) is 128 cm³/mol. The van der Waals surface area contributed by atoms with Crippen LogP contribution in [0.5, 0.6) is 5.75 Å². The number of hydrogen-bond acceptors (Lipinski definition) is 5. The minimum Gasteiger partial charge on any atom is -0.508 e. The third kappa shape index (κ3) is 6.70. The molecule has 0 aliphatic heterocycles. The fourth-order valence-electron chi connectivity index (χ4n) is 3.85. The van der Waals surface area contributed by atoms with E-state index in [9.17, 15) is 14.7 Å². The summed E-state index contributed by atoms with van der Waals surface area (Å²) in [6.45, 7) is 9.88. The van der Waals surface area contributed by atoms with Crippen LogP contribution in [0.25, 0.3) is 0 Å². The lowest BCUT2D eigenvalue weighted by Crippen LogP contribution is -2.50. The number of alkyl carbamates (subject to hydrolysis) is 1. The van der Waals surface area contributed by atoms with Crippen LogP contribution in [0.1, 0.15) is 59.1 Å². The Bertz CT molecular complexity index is 940. The molecule has 7 heteroatoms. The molecule has 0 radical (unpaired) electrons. The molecule has 2 aromatic rings. The number of carbonyl (C=O) groups is 2. The van der Waals surface area contributed by atoms with Gasteiger partial charge in [-0.2, -0.15) is 0 Å². The van der Waals surface area contributed by atoms with Crippen molar-refractivity contribution < 1.29 is 19.4 Å². The molecule has 1 aliphatic rings. The lowest BCUT2D eigenvalue weighted by molar-refractivity contribution is -0.120. The van der Waals surface area contributed by atoms with Gasteiger partial charge in [-0.25, -0.2) is 4.79 Å². The van der Waals surface area contributed by atoms with E-state index in [2.05, 4.69) is 24.1 Å². The highest BCUT2D eigenvalue weighted by atomic mass is 16.6. The maximum Gasteiger partial charge on any atom is 0.407 e. The Morgan fingerprint density at radius 2 is 1.91 bits per heavy atom.